The number of benzene rings is 1. The monoisotopic (exact) mass is 395 g/mol. The number of hydrogen-bond donors (Lipinski definition) is 2. The van der Waals surface area contributed by atoms with E-state index in [4.69, 9.17) is 0 Å². The molecule has 0 bridgehead atoms. The van der Waals surface area contributed by atoms with E-state index in [1.165, 1.54) is 18.7 Å². The number of amides is 2. The quantitative estimate of drug-likeness (QED) is 0.600. The molecular weight excluding hydrogens is 374 g/mol. The lowest BCUT2D eigenvalue weighted by Gasteiger charge is -2.12. The smallest absolute Gasteiger partial charge is 0.233 e. The van der Waals surface area contributed by atoms with Crippen LogP contribution in [-0.2, 0) is 16.1 Å². The average molecular weight is 395 g/mol. The van der Waals surface area contributed by atoms with Crippen molar-refractivity contribution in [3.05, 3.63) is 66.6 Å². The number of thioether (sulfide) groups is 1. The Morgan fingerprint density at radius 1 is 1.18 bits per heavy atom. The Bertz CT molecular complexity index is 924. The van der Waals surface area contributed by atoms with Gasteiger partial charge in [0.1, 0.15) is 0 Å². The topological polar surface area (TPSA) is 88.9 Å². The highest BCUT2D eigenvalue weighted by Crippen LogP contribution is 2.25. The van der Waals surface area contributed by atoms with Crippen LogP contribution >= 0.6 is 11.8 Å². The largest absolute Gasteiger partial charge is 0.351 e. The lowest BCUT2D eigenvalue weighted by molar-refractivity contribution is -0.120. The summed E-state index contributed by atoms with van der Waals surface area (Å²) in [4.78, 5) is 28.7. The second-order valence-corrected chi connectivity index (χ2v) is 7.57. The zero-order chi connectivity index (χ0) is 19.9. The number of rotatable bonds is 7. The zero-order valence-corrected chi connectivity index (χ0v) is 16.4. The van der Waals surface area contributed by atoms with Gasteiger partial charge in [0.25, 0.3) is 0 Å². The second-order valence-electron chi connectivity index (χ2n) is 6.16. The van der Waals surface area contributed by atoms with E-state index in [9.17, 15) is 9.59 Å². The van der Waals surface area contributed by atoms with E-state index < -0.39 is 0 Å². The first-order chi connectivity index (χ1) is 13.5. The molecule has 2 aromatic heterocycles. The molecular formula is C20H21N5O2S. The first kappa shape index (κ1) is 19.6. The second kappa shape index (κ2) is 9.18. The molecule has 1 aromatic carbocycles. The van der Waals surface area contributed by atoms with Crippen molar-refractivity contribution in [2.24, 2.45) is 0 Å². The van der Waals surface area contributed by atoms with E-state index in [1.54, 1.807) is 17.1 Å². The van der Waals surface area contributed by atoms with Crippen LogP contribution in [0.5, 0.6) is 0 Å². The van der Waals surface area contributed by atoms with Crippen molar-refractivity contribution in [3.63, 3.8) is 0 Å². The van der Waals surface area contributed by atoms with E-state index in [1.807, 2.05) is 55.6 Å². The Hall–Kier alpha value is -3.13. The third-order valence-electron chi connectivity index (χ3n) is 3.87. The maximum absolute atomic E-state index is 12.4. The fourth-order valence-corrected chi connectivity index (χ4v) is 3.36. The van der Waals surface area contributed by atoms with Crippen molar-refractivity contribution in [2.75, 3.05) is 5.32 Å². The fraction of sp³-hybridized carbons (Fsp3) is 0.200. The van der Waals surface area contributed by atoms with Crippen LogP contribution in [0.3, 0.4) is 0 Å². The molecule has 0 saturated carbocycles. The Morgan fingerprint density at radius 2 is 1.96 bits per heavy atom. The van der Waals surface area contributed by atoms with Crippen molar-refractivity contribution < 1.29 is 9.59 Å². The normalized spacial score (nSPS) is 11.6. The van der Waals surface area contributed by atoms with Gasteiger partial charge in [-0.15, -0.1) is 11.8 Å². The Morgan fingerprint density at radius 3 is 2.57 bits per heavy atom. The standard InChI is InChI=1S/C20H21N5O2S/c1-14(28-18-7-5-17(6-8-18)24-15(2)26)20(27)22-13-16-4-9-19(21-12-16)25-11-3-10-23-25/h3-12,14H,13H2,1-2H3,(H,22,27)(H,24,26)/t14-/m0/s1. The molecule has 0 saturated heterocycles. The Balaban J connectivity index is 1.49. The highest BCUT2D eigenvalue weighted by Gasteiger charge is 2.14. The number of carbonyl (C=O) groups excluding carboxylic acids is 2. The number of carbonyl (C=O) groups is 2. The molecule has 144 valence electrons. The van der Waals surface area contributed by atoms with Crippen LogP contribution in [0.1, 0.15) is 19.4 Å². The van der Waals surface area contributed by atoms with Crippen molar-refractivity contribution in [2.45, 2.75) is 30.5 Å². The summed E-state index contributed by atoms with van der Waals surface area (Å²) in [6.45, 7) is 3.74. The summed E-state index contributed by atoms with van der Waals surface area (Å²) < 4.78 is 1.68. The molecule has 3 rings (SSSR count). The molecule has 2 amide bonds. The molecule has 2 N–H and O–H groups in total. The molecule has 0 aliphatic heterocycles. The van der Waals surface area contributed by atoms with Crippen LogP contribution in [0.25, 0.3) is 5.82 Å². The maximum Gasteiger partial charge on any atom is 0.233 e. The summed E-state index contributed by atoms with van der Waals surface area (Å²) in [5.41, 5.74) is 1.65. The predicted octanol–water partition coefficient (Wildman–Crippen LogP) is 3.02. The molecule has 2 heterocycles. The van der Waals surface area contributed by atoms with Gasteiger partial charge in [-0.2, -0.15) is 5.10 Å². The molecule has 0 fully saturated rings. The van der Waals surface area contributed by atoms with Crippen LogP contribution in [0.15, 0.2) is 66.0 Å². The first-order valence-corrected chi connectivity index (χ1v) is 9.66. The van der Waals surface area contributed by atoms with Gasteiger partial charge in [-0.25, -0.2) is 9.67 Å². The van der Waals surface area contributed by atoms with Crippen LogP contribution in [0.2, 0.25) is 0 Å². The highest BCUT2D eigenvalue weighted by molar-refractivity contribution is 8.00. The van der Waals surface area contributed by atoms with Gasteiger partial charge in [-0.1, -0.05) is 6.07 Å². The van der Waals surface area contributed by atoms with Crippen molar-refractivity contribution in [1.29, 1.82) is 0 Å². The van der Waals surface area contributed by atoms with Crippen molar-refractivity contribution >= 4 is 29.3 Å². The van der Waals surface area contributed by atoms with Crippen molar-refractivity contribution in [1.82, 2.24) is 20.1 Å². The minimum absolute atomic E-state index is 0.0490. The molecule has 28 heavy (non-hydrogen) atoms. The molecule has 0 aliphatic carbocycles. The lowest BCUT2D eigenvalue weighted by atomic mass is 10.2. The third kappa shape index (κ3) is 5.43. The SMILES string of the molecule is CC(=O)Nc1ccc(S[C@@H](C)C(=O)NCc2ccc(-n3cccn3)nc2)cc1. The fourth-order valence-electron chi connectivity index (χ4n) is 2.47. The summed E-state index contributed by atoms with van der Waals surface area (Å²) in [6.07, 6.45) is 5.25. The summed E-state index contributed by atoms with van der Waals surface area (Å²) >= 11 is 1.46. The molecule has 1 atom stereocenters. The molecule has 0 spiro atoms. The Kier molecular flexibility index (Phi) is 6.44. The van der Waals surface area contributed by atoms with Crippen LogP contribution < -0.4 is 10.6 Å². The van der Waals surface area contributed by atoms with E-state index in [2.05, 4.69) is 20.7 Å². The van der Waals surface area contributed by atoms with E-state index in [0.717, 1.165) is 22.0 Å². The lowest BCUT2D eigenvalue weighted by Crippen LogP contribution is -2.30. The van der Waals surface area contributed by atoms with Gasteiger partial charge in [0.15, 0.2) is 5.82 Å². The summed E-state index contributed by atoms with van der Waals surface area (Å²) in [7, 11) is 0. The summed E-state index contributed by atoms with van der Waals surface area (Å²) in [5.74, 6) is 0.569. The van der Waals surface area contributed by atoms with Crippen molar-refractivity contribution in [3.8, 4) is 5.82 Å². The molecule has 0 unspecified atom stereocenters. The number of pyridine rings is 1. The van der Waals surface area contributed by atoms with Crippen LogP contribution in [-0.4, -0.2) is 31.8 Å². The highest BCUT2D eigenvalue weighted by atomic mass is 32.2. The van der Waals surface area contributed by atoms with Crippen LogP contribution in [0, 0.1) is 0 Å². The number of hydrogen-bond acceptors (Lipinski definition) is 5. The Labute approximate surface area is 167 Å². The minimum Gasteiger partial charge on any atom is -0.351 e. The molecule has 3 aromatic rings. The number of nitrogens with one attached hydrogen (secondary N) is 2. The molecule has 0 aliphatic rings. The zero-order valence-electron chi connectivity index (χ0n) is 15.6. The minimum atomic E-state index is -0.247. The first-order valence-electron chi connectivity index (χ1n) is 8.78. The summed E-state index contributed by atoms with van der Waals surface area (Å²) in [5, 5.41) is 9.54. The molecule has 7 nitrogen and oxygen atoms in total. The van der Waals surface area contributed by atoms with Crippen LogP contribution in [0.4, 0.5) is 5.69 Å². The molecule has 0 radical (unpaired) electrons. The van der Waals surface area contributed by atoms with Gasteiger partial charge in [0, 0.05) is 42.6 Å². The van der Waals surface area contributed by atoms with Gasteiger partial charge in [0.05, 0.1) is 5.25 Å². The molecule has 8 heteroatoms. The maximum atomic E-state index is 12.4. The average Bonchev–Trinajstić information content (AvgIpc) is 3.22. The number of anilines is 1. The van der Waals surface area contributed by atoms with Gasteiger partial charge in [-0.05, 0) is 48.9 Å². The predicted molar refractivity (Wildman–Crippen MR) is 109 cm³/mol. The number of nitrogens with zero attached hydrogens (tertiary/aromatic N) is 3. The summed E-state index contributed by atoms with van der Waals surface area (Å²) in [6, 6.07) is 13.0. The number of aromatic nitrogens is 3. The third-order valence-corrected chi connectivity index (χ3v) is 4.98. The van der Waals surface area contributed by atoms with Gasteiger partial charge < -0.3 is 10.6 Å². The van der Waals surface area contributed by atoms with E-state index in [-0.39, 0.29) is 17.1 Å². The van der Waals surface area contributed by atoms with Gasteiger partial charge in [-0.3, -0.25) is 9.59 Å². The van der Waals surface area contributed by atoms with E-state index in [0.29, 0.717) is 6.54 Å². The van der Waals surface area contributed by atoms with E-state index >= 15 is 0 Å². The van der Waals surface area contributed by atoms with Gasteiger partial charge >= 0.3 is 0 Å². The van der Waals surface area contributed by atoms with Gasteiger partial charge in [0.2, 0.25) is 11.8 Å².